The number of unbranched alkanes of at least 4 members (excludes halogenated alkanes) is 2. The molecule has 0 saturated carbocycles. The number of benzene rings is 1. The zero-order valence-corrected chi connectivity index (χ0v) is 16.8. The van der Waals surface area contributed by atoms with Gasteiger partial charge in [0.2, 0.25) is 0 Å². The standard InChI is InChI=1S/C23H31FN2/c1-6-7-8-9-19-21(17-10-12-18(24)13-11-17)20-14-26(5)16(4)23(20)25-22(19)15(2)3/h10-13,15-16H,6-9,14H2,1-5H3. The number of halogens is 1. The molecule has 2 heterocycles. The van der Waals surface area contributed by atoms with Gasteiger partial charge in [0.1, 0.15) is 5.82 Å². The summed E-state index contributed by atoms with van der Waals surface area (Å²) in [4.78, 5) is 7.50. The lowest BCUT2D eigenvalue weighted by Crippen LogP contribution is -2.13. The lowest BCUT2D eigenvalue weighted by atomic mass is 9.87. The molecule has 0 fully saturated rings. The fourth-order valence-corrected chi connectivity index (χ4v) is 4.05. The molecule has 26 heavy (non-hydrogen) atoms. The highest BCUT2D eigenvalue weighted by molar-refractivity contribution is 5.74. The largest absolute Gasteiger partial charge is 0.294 e. The fraction of sp³-hybridized carbons (Fsp3) is 0.522. The van der Waals surface area contributed by atoms with Crippen LogP contribution in [0.4, 0.5) is 4.39 Å². The van der Waals surface area contributed by atoms with Gasteiger partial charge in [-0.1, -0.05) is 45.7 Å². The van der Waals surface area contributed by atoms with Crippen LogP contribution in [0.3, 0.4) is 0 Å². The van der Waals surface area contributed by atoms with E-state index in [4.69, 9.17) is 4.98 Å². The summed E-state index contributed by atoms with van der Waals surface area (Å²) in [5, 5.41) is 0. The van der Waals surface area contributed by atoms with Gasteiger partial charge in [0.05, 0.1) is 5.69 Å². The highest BCUT2D eigenvalue weighted by atomic mass is 19.1. The monoisotopic (exact) mass is 354 g/mol. The first-order chi connectivity index (χ1) is 12.4. The summed E-state index contributed by atoms with van der Waals surface area (Å²) >= 11 is 0. The number of pyridine rings is 1. The Labute approximate surface area is 157 Å². The molecule has 0 spiro atoms. The maximum atomic E-state index is 13.5. The van der Waals surface area contributed by atoms with E-state index in [1.165, 1.54) is 47.3 Å². The van der Waals surface area contributed by atoms with Crippen LogP contribution >= 0.6 is 0 Å². The molecule has 1 atom stereocenters. The van der Waals surface area contributed by atoms with Crippen LogP contribution in [-0.2, 0) is 13.0 Å². The minimum Gasteiger partial charge on any atom is -0.294 e. The van der Waals surface area contributed by atoms with Crippen molar-refractivity contribution in [1.29, 1.82) is 0 Å². The van der Waals surface area contributed by atoms with Crippen molar-refractivity contribution in [2.45, 2.75) is 71.9 Å². The Hall–Kier alpha value is -1.74. The molecule has 0 aliphatic carbocycles. The second kappa shape index (κ2) is 7.87. The van der Waals surface area contributed by atoms with Crippen molar-refractivity contribution in [2.75, 3.05) is 7.05 Å². The van der Waals surface area contributed by atoms with E-state index in [0.717, 1.165) is 18.5 Å². The highest BCUT2D eigenvalue weighted by Crippen LogP contribution is 2.42. The Morgan fingerprint density at radius 3 is 2.50 bits per heavy atom. The maximum absolute atomic E-state index is 13.5. The van der Waals surface area contributed by atoms with E-state index >= 15 is 0 Å². The molecular weight excluding hydrogens is 323 g/mol. The Morgan fingerprint density at radius 1 is 1.19 bits per heavy atom. The van der Waals surface area contributed by atoms with E-state index < -0.39 is 0 Å². The van der Waals surface area contributed by atoms with Crippen molar-refractivity contribution in [3.05, 3.63) is 52.6 Å². The number of hydrogen-bond acceptors (Lipinski definition) is 2. The highest BCUT2D eigenvalue weighted by Gasteiger charge is 2.31. The SMILES string of the molecule is CCCCCc1c(C(C)C)nc2c(c1-c1ccc(F)cc1)CN(C)C2C. The summed E-state index contributed by atoms with van der Waals surface area (Å²) in [7, 11) is 2.16. The third-order valence-corrected chi connectivity index (χ3v) is 5.64. The predicted octanol–water partition coefficient (Wildman–Crippen LogP) is 6.25. The van der Waals surface area contributed by atoms with E-state index in [1.807, 2.05) is 12.1 Å². The first kappa shape index (κ1) is 19.0. The van der Waals surface area contributed by atoms with E-state index in [-0.39, 0.29) is 5.82 Å². The van der Waals surface area contributed by atoms with Gasteiger partial charge in [-0.05, 0) is 67.1 Å². The van der Waals surface area contributed by atoms with Crippen LogP contribution in [0.15, 0.2) is 24.3 Å². The molecule has 3 rings (SSSR count). The molecule has 1 aliphatic heterocycles. The topological polar surface area (TPSA) is 16.1 Å². The second-order valence-corrected chi connectivity index (χ2v) is 7.92. The van der Waals surface area contributed by atoms with Crippen molar-refractivity contribution in [1.82, 2.24) is 9.88 Å². The minimum absolute atomic E-state index is 0.179. The zero-order chi connectivity index (χ0) is 18.8. The van der Waals surface area contributed by atoms with E-state index in [9.17, 15) is 4.39 Å². The molecule has 2 nitrogen and oxygen atoms in total. The third-order valence-electron chi connectivity index (χ3n) is 5.64. The van der Waals surface area contributed by atoms with Gasteiger partial charge in [0.15, 0.2) is 0 Å². The van der Waals surface area contributed by atoms with Gasteiger partial charge >= 0.3 is 0 Å². The van der Waals surface area contributed by atoms with Crippen molar-refractivity contribution in [2.24, 2.45) is 0 Å². The van der Waals surface area contributed by atoms with Crippen LogP contribution in [0.5, 0.6) is 0 Å². The normalized spacial score (nSPS) is 17.1. The first-order valence-electron chi connectivity index (χ1n) is 9.95. The number of nitrogens with zero attached hydrogens (tertiary/aromatic N) is 2. The second-order valence-electron chi connectivity index (χ2n) is 7.92. The van der Waals surface area contributed by atoms with Gasteiger partial charge in [-0.25, -0.2) is 4.39 Å². The lowest BCUT2D eigenvalue weighted by Gasteiger charge is -2.21. The van der Waals surface area contributed by atoms with Crippen LogP contribution in [0, 0.1) is 5.82 Å². The van der Waals surface area contributed by atoms with Crippen LogP contribution in [-0.4, -0.2) is 16.9 Å². The van der Waals surface area contributed by atoms with Crippen molar-refractivity contribution < 1.29 is 4.39 Å². The molecular formula is C23H31FN2. The summed E-state index contributed by atoms with van der Waals surface area (Å²) in [6.45, 7) is 9.84. The Kier molecular flexibility index (Phi) is 5.76. The van der Waals surface area contributed by atoms with Crippen molar-refractivity contribution >= 4 is 0 Å². The van der Waals surface area contributed by atoms with Gasteiger partial charge in [-0.3, -0.25) is 9.88 Å². The summed E-state index contributed by atoms with van der Waals surface area (Å²) in [6, 6.07) is 7.35. The fourth-order valence-electron chi connectivity index (χ4n) is 4.05. The molecule has 3 heteroatoms. The van der Waals surface area contributed by atoms with Gasteiger partial charge in [0.25, 0.3) is 0 Å². The van der Waals surface area contributed by atoms with Crippen molar-refractivity contribution in [3.63, 3.8) is 0 Å². The predicted molar refractivity (Wildman–Crippen MR) is 107 cm³/mol. The molecule has 0 N–H and O–H groups in total. The number of rotatable bonds is 6. The smallest absolute Gasteiger partial charge is 0.123 e. The zero-order valence-electron chi connectivity index (χ0n) is 16.8. The number of hydrogen-bond donors (Lipinski definition) is 0. The van der Waals surface area contributed by atoms with Crippen LogP contribution < -0.4 is 0 Å². The van der Waals surface area contributed by atoms with Gasteiger partial charge in [-0.15, -0.1) is 0 Å². The Morgan fingerprint density at radius 2 is 1.88 bits per heavy atom. The summed E-state index contributed by atoms with van der Waals surface area (Å²) < 4.78 is 13.5. The molecule has 0 amide bonds. The summed E-state index contributed by atoms with van der Waals surface area (Å²) in [5.74, 6) is 0.204. The summed E-state index contributed by atoms with van der Waals surface area (Å²) in [5.41, 5.74) is 7.58. The maximum Gasteiger partial charge on any atom is 0.123 e. The quantitative estimate of drug-likeness (QED) is 0.570. The lowest BCUT2D eigenvalue weighted by molar-refractivity contribution is 0.283. The van der Waals surface area contributed by atoms with Crippen LogP contribution in [0.25, 0.3) is 11.1 Å². The van der Waals surface area contributed by atoms with Gasteiger partial charge in [0, 0.05) is 18.3 Å². The first-order valence-corrected chi connectivity index (χ1v) is 9.95. The van der Waals surface area contributed by atoms with Crippen LogP contribution in [0.1, 0.15) is 81.4 Å². The number of fused-ring (bicyclic) bond motifs is 1. The van der Waals surface area contributed by atoms with E-state index in [1.54, 1.807) is 12.1 Å². The Bertz CT molecular complexity index is 765. The van der Waals surface area contributed by atoms with Gasteiger partial charge in [-0.2, -0.15) is 0 Å². The van der Waals surface area contributed by atoms with E-state index in [0.29, 0.717) is 12.0 Å². The average Bonchev–Trinajstić information content (AvgIpc) is 2.89. The van der Waals surface area contributed by atoms with Crippen LogP contribution in [0.2, 0.25) is 0 Å². The molecule has 1 aromatic heterocycles. The minimum atomic E-state index is -0.179. The Balaban J connectivity index is 2.23. The molecule has 0 bridgehead atoms. The molecule has 0 saturated heterocycles. The van der Waals surface area contributed by atoms with Gasteiger partial charge < -0.3 is 0 Å². The molecule has 1 aliphatic rings. The third kappa shape index (κ3) is 3.55. The van der Waals surface area contributed by atoms with Crippen molar-refractivity contribution in [3.8, 4) is 11.1 Å². The number of aromatic nitrogens is 1. The molecule has 140 valence electrons. The summed E-state index contributed by atoms with van der Waals surface area (Å²) in [6.07, 6.45) is 4.66. The molecule has 1 aromatic carbocycles. The molecule has 2 aromatic rings. The molecule has 1 unspecified atom stereocenters. The average molecular weight is 355 g/mol. The molecule has 0 radical (unpaired) electrons. The van der Waals surface area contributed by atoms with E-state index in [2.05, 4.69) is 39.6 Å².